The first-order chi connectivity index (χ1) is 10.2. The van der Waals surface area contributed by atoms with Gasteiger partial charge >= 0.3 is 17.9 Å². The zero-order valence-corrected chi connectivity index (χ0v) is 12.5. The van der Waals surface area contributed by atoms with Crippen LogP contribution in [0, 0.1) is 17.8 Å². The minimum atomic E-state index is -1.06. The Morgan fingerprint density at radius 3 is 2.41 bits per heavy atom. The first kappa shape index (κ1) is 17.9. The van der Waals surface area contributed by atoms with Gasteiger partial charge in [0, 0.05) is 12.5 Å². The number of hydrogen-bond donors (Lipinski definition) is 4. The molecule has 0 aromatic rings. The maximum atomic E-state index is 11.2. The highest BCUT2D eigenvalue weighted by molar-refractivity contribution is 5.76. The highest BCUT2D eigenvalue weighted by Crippen LogP contribution is 2.31. The summed E-state index contributed by atoms with van der Waals surface area (Å²) in [7, 11) is 0. The van der Waals surface area contributed by atoms with Crippen LogP contribution in [0.1, 0.15) is 20.3 Å². The van der Waals surface area contributed by atoms with Gasteiger partial charge in [-0.1, -0.05) is 23.8 Å². The van der Waals surface area contributed by atoms with Gasteiger partial charge in [0.1, 0.15) is 6.04 Å². The molecule has 7 nitrogen and oxygen atoms in total. The molecule has 1 aliphatic rings. The van der Waals surface area contributed by atoms with Gasteiger partial charge in [-0.25, -0.2) is 0 Å². The van der Waals surface area contributed by atoms with Gasteiger partial charge in [-0.15, -0.1) is 0 Å². The minimum absolute atomic E-state index is 0.206. The van der Waals surface area contributed by atoms with Crippen LogP contribution in [0.4, 0.5) is 0 Å². The second-order valence-corrected chi connectivity index (χ2v) is 5.51. The van der Waals surface area contributed by atoms with Crippen LogP contribution in [0.2, 0.25) is 0 Å². The van der Waals surface area contributed by atoms with Crippen LogP contribution in [0.15, 0.2) is 23.8 Å². The Balaban J connectivity index is 2.85. The molecule has 1 aliphatic heterocycles. The summed E-state index contributed by atoms with van der Waals surface area (Å²) in [6.07, 6.45) is 4.62. The lowest BCUT2D eigenvalue weighted by molar-refractivity contribution is -0.142. The Labute approximate surface area is 128 Å². The summed E-state index contributed by atoms with van der Waals surface area (Å²) in [5.74, 6) is -4.38. The van der Waals surface area contributed by atoms with Crippen LogP contribution in [0.3, 0.4) is 0 Å². The summed E-state index contributed by atoms with van der Waals surface area (Å²) in [5.41, 5.74) is 0.830. The maximum absolute atomic E-state index is 11.2. The van der Waals surface area contributed by atoms with Crippen LogP contribution in [-0.2, 0) is 14.4 Å². The molecule has 0 bridgehead atoms. The van der Waals surface area contributed by atoms with Crippen LogP contribution in [0.5, 0.6) is 0 Å². The molecular weight excluding hydrogens is 290 g/mol. The third-order valence-corrected chi connectivity index (χ3v) is 3.91. The number of carboxylic acids is 3. The Kier molecular flexibility index (Phi) is 6.30. The molecule has 1 saturated heterocycles. The summed E-state index contributed by atoms with van der Waals surface area (Å²) in [4.78, 5) is 32.8. The van der Waals surface area contributed by atoms with E-state index in [1.807, 2.05) is 0 Å². The SMILES string of the molecule is C/C(=C/C=C/[C@@H](C)C(=O)O)[C@@H]1CN[C@H](C(=O)O)[C@H]1CC(=O)O. The van der Waals surface area contributed by atoms with E-state index >= 15 is 0 Å². The zero-order chi connectivity index (χ0) is 16.9. The van der Waals surface area contributed by atoms with E-state index in [-0.39, 0.29) is 12.3 Å². The molecule has 0 spiro atoms. The molecule has 0 radical (unpaired) electrons. The third kappa shape index (κ3) is 4.70. The lowest BCUT2D eigenvalue weighted by atomic mass is 9.83. The summed E-state index contributed by atoms with van der Waals surface area (Å²) in [5, 5.41) is 29.7. The van der Waals surface area contributed by atoms with Crippen molar-refractivity contribution in [1.29, 1.82) is 0 Å². The van der Waals surface area contributed by atoms with Crippen molar-refractivity contribution in [2.75, 3.05) is 6.54 Å². The fourth-order valence-electron chi connectivity index (χ4n) is 2.60. The normalized spacial score (nSPS) is 27.0. The van der Waals surface area contributed by atoms with Crippen molar-refractivity contribution < 1.29 is 29.7 Å². The molecule has 22 heavy (non-hydrogen) atoms. The van der Waals surface area contributed by atoms with Gasteiger partial charge in [0.05, 0.1) is 12.3 Å². The Bertz CT molecular complexity index is 510. The maximum Gasteiger partial charge on any atom is 0.321 e. The lowest BCUT2D eigenvalue weighted by Gasteiger charge is -2.20. The van der Waals surface area contributed by atoms with Gasteiger partial charge in [-0.3, -0.25) is 14.4 Å². The molecule has 7 heteroatoms. The van der Waals surface area contributed by atoms with Crippen LogP contribution in [0.25, 0.3) is 0 Å². The topological polar surface area (TPSA) is 124 Å². The van der Waals surface area contributed by atoms with Gasteiger partial charge in [-0.05, 0) is 19.8 Å². The van der Waals surface area contributed by atoms with Gasteiger partial charge in [-0.2, -0.15) is 0 Å². The highest BCUT2D eigenvalue weighted by Gasteiger charge is 2.41. The molecule has 0 amide bonds. The monoisotopic (exact) mass is 311 g/mol. The first-order valence-corrected chi connectivity index (χ1v) is 6.99. The van der Waals surface area contributed by atoms with E-state index in [1.54, 1.807) is 26.0 Å². The van der Waals surface area contributed by atoms with Gasteiger partial charge in [0.2, 0.25) is 0 Å². The number of aliphatic carboxylic acids is 3. The molecule has 0 aromatic carbocycles. The van der Waals surface area contributed by atoms with Crippen molar-refractivity contribution in [2.45, 2.75) is 26.3 Å². The van der Waals surface area contributed by atoms with Crippen molar-refractivity contribution in [3.05, 3.63) is 23.8 Å². The second-order valence-electron chi connectivity index (χ2n) is 5.51. The summed E-state index contributed by atoms with van der Waals surface area (Å²) in [6, 6.07) is -0.883. The molecule has 1 heterocycles. The first-order valence-electron chi connectivity index (χ1n) is 6.99. The number of carbonyl (C=O) groups is 3. The molecule has 4 N–H and O–H groups in total. The quantitative estimate of drug-likeness (QED) is 0.516. The van der Waals surface area contributed by atoms with E-state index in [2.05, 4.69) is 5.32 Å². The van der Waals surface area contributed by atoms with E-state index in [0.29, 0.717) is 6.54 Å². The Morgan fingerprint density at radius 2 is 1.91 bits per heavy atom. The van der Waals surface area contributed by atoms with Crippen LogP contribution < -0.4 is 5.32 Å². The average Bonchev–Trinajstić information content (AvgIpc) is 2.81. The van der Waals surface area contributed by atoms with Crippen molar-refractivity contribution in [3.63, 3.8) is 0 Å². The fourth-order valence-corrected chi connectivity index (χ4v) is 2.60. The molecule has 0 unspecified atom stereocenters. The number of allylic oxidation sites excluding steroid dienone is 2. The van der Waals surface area contributed by atoms with Crippen molar-refractivity contribution >= 4 is 17.9 Å². The predicted octanol–water partition coefficient (Wildman–Crippen LogP) is 0.973. The highest BCUT2D eigenvalue weighted by atomic mass is 16.4. The Hall–Kier alpha value is -2.15. The molecule has 122 valence electrons. The molecule has 0 aromatic heterocycles. The van der Waals surface area contributed by atoms with E-state index in [4.69, 9.17) is 15.3 Å². The molecule has 1 fully saturated rings. The molecule has 4 atom stereocenters. The fraction of sp³-hybridized carbons (Fsp3) is 0.533. The minimum Gasteiger partial charge on any atom is -0.481 e. The van der Waals surface area contributed by atoms with Crippen molar-refractivity contribution in [1.82, 2.24) is 5.32 Å². The van der Waals surface area contributed by atoms with Crippen LogP contribution in [-0.4, -0.2) is 45.8 Å². The zero-order valence-electron chi connectivity index (χ0n) is 12.5. The smallest absolute Gasteiger partial charge is 0.321 e. The van der Waals surface area contributed by atoms with E-state index in [0.717, 1.165) is 5.57 Å². The average molecular weight is 311 g/mol. The predicted molar refractivity (Wildman–Crippen MR) is 78.4 cm³/mol. The van der Waals surface area contributed by atoms with E-state index < -0.39 is 35.8 Å². The number of hydrogen-bond acceptors (Lipinski definition) is 4. The second kappa shape index (κ2) is 7.74. The van der Waals surface area contributed by atoms with Gasteiger partial charge < -0.3 is 20.6 Å². The van der Waals surface area contributed by atoms with E-state index in [1.165, 1.54) is 6.08 Å². The molecule has 1 rings (SSSR count). The third-order valence-electron chi connectivity index (χ3n) is 3.91. The number of carboxylic acid groups (broad SMARTS) is 3. The van der Waals surface area contributed by atoms with Crippen LogP contribution >= 0.6 is 0 Å². The summed E-state index contributed by atoms with van der Waals surface area (Å²) in [6.45, 7) is 3.73. The van der Waals surface area contributed by atoms with Gasteiger partial charge in [0.15, 0.2) is 0 Å². The molecule has 0 aliphatic carbocycles. The van der Waals surface area contributed by atoms with Crippen molar-refractivity contribution in [3.8, 4) is 0 Å². The largest absolute Gasteiger partial charge is 0.481 e. The van der Waals surface area contributed by atoms with E-state index in [9.17, 15) is 14.4 Å². The number of nitrogens with one attached hydrogen (secondary N) is 1. The molecule has 0 saturated carbocycles. The van der Waals surface area contributed by atoms with Gasteiger partial charge in [0.25, 0.3) is 0 Å². The van der Waals surface area contributed by atoms with Crippen molar-refractivity contribution in [2.24, 2.45) is 17.8 Å². The summed E-state index contributed by atoms with van der Waals surface area (Å²) >= 11 is 0. The summed E-state index contributed by atoms with van der Waals surface area (Å²) < 4.78 is 0. The Morgan fingerprint density at radius 1 is 1.27 bits per heavy atom. The standard InChI is InChI=1S/C15H21NO6/c1-8(4-3-5-9(2)14(19)20)11-7-16-13(15(21)22)10(11)6-12(17)18/h3-5,9-11,13,16H,6-7H2,1-2H3,(H,17,18)(H,19,20)(H,21,22)/b5-3+,8-4-/t9-,10+,11+,13+/m1/s1. The lowest BCUT2D eigenvalue weighted by Crippen LogP contribution is -2.36. The molecular formula is C15H21NO6. The number of rotatable bonds is 7.